The quantitative estimate of drug-likeness (QED) is 0.396. The Hall–Kier alpha value is -3.49. The highest BCUT2D eigenvalue weighted by molar-refractivity contribution is 6.35. The molecule has 0 spiro atoms. The van der Waals surface area contributed by atoms with Gasteiger partial charge in [0.2, 0.25) is 0 Å². The van der Waals surface area contributed by atoms with E-state index >= 15 is 0 Å². The molecule has 0 aliphatic carbocycles. The summed E-state index contributed by atoms with van der Waals surface area (Å²) >= 11 is 0. The van der Waals surface area contributed by atoms with Crippen molar-refractivity contribution in [2.45, 2.75) is 26.4 Å². The molecular formula is C17H20N6O3. The fourth-order valence-corrected chi connectivity index (χ4v) is 1.94. The average molecular weight is 356 g/mol. The van der Waals surface area contributed by atoms with Gasteiger partial charge in [0.15, 0.2) is 0 Å². The molecule has 0 aliphatic rings. The summed E-state index contributed by atoms with van der Waals surface area (Å²) in [6, 6.07) is 9.58. The van der Waals surface area contributed by atoms with E-state index in [9.17, 15) is 14.4 Å². The van der Waals surface area contributed by atoms with Crippen LogP contribution in [0.5, 0.6) is 0 Å². The van der Waals surface area contributed by atoms with E-state index in [2.05, 4.69) is 21.1 Å². The number of carbonyl (C=O) groups excluding carboxylic acids is 3. The molecular weight excluding hydrogens is 336 g/mol. The lowest BCUT2D eigenvalue weighted by atomic mass is 10.2. The summed E-state index contributed by atoms with van der Waals surface area (Å²) in [4.78, 5) is 34.5. The standard InChI is InChI=1S/C17H20N6O3/c1-12(2)18-16(25)17(26)21-20-15(24)9-8-14-11-23(22-19-14)10-13-6-4-3-5-7-13/h3-9,11-12H,10H2,1-2H3,(H,18,25)(H,20,24)(H,21,26)/b9-8+. The highest BCUT2D eigenvalue weighted by atomic mass is 16.2. The van der Waals surface area contributed by atoms with Crippen molar-refractivity contribution in [3.63, 3.8) is 0 Å². The van der Waals surface area contributed by atoms with Gasteiger partial charge in [-0.25, -0.2) is 4.68 Å². The minimum atomic E-state index is -0.950. The van der Waals surface area contributed by atoms with Gasteiger partial charge in [0.1, 0.15) is 5.69 Å². The molecule has 2 rings (SSSR count). The van der Waals surface area contributed by atoms with Crippen molar-refractivity contribution in [1.29, 1.82) is 0 Å². The zero-order valence-electron chi connectivity index (χ0n) is 14.5. The number of hydrogen-bond donors (Lipinski definition) is 3. The van der Waals surface area contributed by atoms with Crippen LogP contribution in [0.1, 0.15) is 25.1 Å². The molecule has 0 radical (unpaired) electrons. The molecule has 1 aromatic heterocycles. The Bertz CT molecular complexity index is 798. The molecule has 136 valence electrons. The zero-order chi connectivity index (χ0) is 18.9. The molecule has 9 heteroatoms. The van der Waals surface area contributed by atoms with Crippen LogP contribution >= 0.6 is 0 Å². The largest absolute Gasteiger partial charge is 0.346 e. The molecule has 0 bridgehead atoms. The Morgan fingerprint density at radius 2 is 1.85 bits per heavy atom. The molecule has 3 N–H and O–H groups in total. The van der Waals surface area contributed by atoms with Gasteiger partial charge in [-0.05, 0) is 25.5 Å². The first-order valence-corrected chi connectivity index (χ1v) is 7.97. The van der Waals surface area contributed by atoms with E-state index in [4.69, 9.17) is 0 Å². The van der Waals surface area contributed by atoms with Gasteiger partial charge < -0.3 is 5.32 Å². The number of amides is 3. The number of hydrazine groups is 1. The maximum atomic E-state index is 11.7. The van der Waals surface area contributed by atoms with E-state index in [1.165, 1.54) is 12.2 Å². The Kier molecular flexibility index (Phi) is 6.60. The van der Waals surface area contributed by atoms with Crippen LogP contribution in [-0.4, -0.2) is 38.8 Å². The number of aromatic nitrogens is 3. The van der Waals surface area contributed by atoms with Crippen LogP contribution in [0.3, 0.4) is 0 Å². The fourth-order valence-electron chi connectivity index (χ4n) is 1.94. The molecule has 1 heterocycles. The number of nitrogens with one attached hydrogen (secondary N) is 3. The molecule has 1 aromatic carbocycles. The number of hydrogen-bond acceptors (Lipinski definition) is 5. The molecule has 0 aliphatic heterocycles. The Morgan fingerprint density at radius 3 is 2.54 bits per heavy atom. The first kappa shape index (κ1) is 18.8. The maximum absolute atomic E-state index is 11.7. The van der Waals surface area contributed by atoms with E-state index in [0.717, 1.165) is 5.56 Å². The topological polar surface area (TPSA) is 118 Å². The average Bonchev–Trinajstić information content (AvgIpc) is 3.05. The van der Waals surface area contributed by atoms with Crippen LogP contribution in [0.2, 0.25) is 0 Å². The molecule has 0 fully saturated rings. The zero-order valence-corrected chi connectivity index (χ0v) is 14.5. The monoisotopic (exact) mass is 356 g/mol. The van der Waals surface area contributed by atoms with Gasteiger partial charge in [-0.3, -0.25) is 25.2 Å². The van der Waals surface area contributed by atoms with Crippen molar-refractivity contribution < 1.29 is 14.4 Å². The van der Waals surface area contributed by atoms with Gasteiger partial charge in [-0.2, -0.15) is 0 Å². The second-order valence-electron chi connectivity index (χ2n) is 5.73. The van der Waals surface area contributed by atoms with Crippen molar-refractivity contribution in [3.8, 4) is 0 Å². The molecule has 3 amide bonds. The van der Waals surface area contributed by atoms with E-state index in [1.807, 2.05) is 35.8 Å². The predicted octanol–water partition coefficient (Wildman–Crippen LogP) is 0.0116. The minimum absolute atomic E-state index is 0.178. The maximum Gasteiger partial charge on any atom is 0.327 e. The van der Waals surface area contributed by atoms with Gasteiger partial charge in [-0.1, -0.05) is 35.5 Å². The highest BCUT2D eigenvalue weighted by Crippen LogP contribution is 2.03. The van der Waals surface area contributed by atoms with Crippen molar-refractivity contribution in [1.82, 2.24) is 31.2 Å². The third kappa shape index (κ3) is 6.19. The Labute approximate surface area is 150 Å². The predicted molar refractivity (Wildman–Crippen MR) is 94.2 cm³/mol. The normalized spacial score (nSPS) is 10.7. The molecule has 2 aromatic rings. The molecule has 0 unspecified atom stereocenters. The van der Waals surface area contributed by atoms with Crippen molar-refractivity contribution in [2.75, 3.05) is 0 Å². The van der Waals surface area contributed by atoms with Crippen LogP contribution < -0.4 is 16.2 Å². The number of benzene rings is 1. The molecule has 9 nitrogen and oxygen atoms in total. The smallest absolute Gasteiger partial charge is 0.327 e. The lowest BCUT2D eigenvalue weighted by Crippen LogP contribution is -2.49. The van der Waals surface area contributed by atoms with E-state index in [1.54, 1.807) is 24.7 Å². The third-order valence-electron chi connectivity index (χ3n) is 3.07. The van der Waals surface area contributed by atoms with Crippen molar-refractivity contribution in [3.05, 3.63) is 53.9 Å². The molecule has 0 saturated heterocycles. The van der Waals surface area contributed by atoms with Crippen molar-refractivity contribution >= 4 is 23.8 Å². The van der Waals surface area contributed by atoms with Crippen LogP contribution in [0.25, 0.3) is 6.08 Å². The van der Waals surface area contributed by atoms with Gasteiger partial charge in [0.25, 0.3) is 5.91 Å². The summed E-state index contributed by atoms with van der Waals surface area (Å²) in [7, 11) is 0. The summed E-state index contributed by atoms with van der Waals surface area (Å²) in [6.07, 6.45) is 4.31. The first-order valence-electron chi connectivity index (χ1n) is 7.97. The summed E-state index contributed by atoms with van der Waals surface area (Å²) in [5, 5.41) is 10.3. The van der Waals surface area contributed by atoms with Gasteiger partial charge in [-0.15, -0.1) is 5.10 Å². The van der Waals surface area contributed by atoms with E-state index < -0.39 is 17.7 Å². The number of nitrogens with zero attached hydrogens (tertiary/aromatic N) is 3. The Balaban J connectivity index is 1.81. The van der Waals surface area contributed by atoms with Gasteiger partial charge >= 0.3 is 11.8 Å². The lowest BCUT2D eigenvalue weighted by Gasteiger charge is -2.08. The van der Waals surface area contributed by atoms with Crippen LogP contribution in [0.15, 0.2) is 42.6 Å². The Morgan fingerprint density at radius 1 is 1.12 bits per heavy atom. The SMILES string of the molecule is CC(C)NC(=O)C(=O)NNC(=O)/C=C/c1cn(Cc2ccccc2)nn1. The summed E-state index contributed by atoms with van der Waals surface area (Å²) in [6.45, 7) is 4.00. The molecule has 0 saturated carbocycles. The number of carbonyl (C=O) groups is 3. The van der Waals surface area contributed by atoms with Crippen LogP contribution in [0.4, 0.5) is 0 Å². The van der Waals surface area contributed by atoms with Crippen molar-refractivity contribution in [2.24, 2.45) is 0 Å². The highest BCUT2D eigenvalue weighted by Gasteiger charge is 2.14. The van der Waals surface area contributed by atoms with Crippen LogP contribution in [0, 0.1) is 0 Å². The molecule has 0 atom stereocenters. The lowest BCUT2D eigenvalue weighted by molar-refractivity contribution is -0.140. The summed E-state index contributed by atoms with van der Waals surface area (Å²) in [5.74, 6) is -2.38. The van der Waals surface area contributed by atoms with E-state index in [-0.39, 0.29) is 6.04 Å². The fraction of sp³-hybridized carbons (Fsp3) is 0.235. The van der Waals surface area contributed by atoms with Gasteiger partial charge in [0.05, 0.1) is 12.7 Å². The number of rotatable bonds is 5. The van der Waals surface area contributed by atoms with Crippen LogP contribution in [-0.2, 0) is 20.9 Å². The second kappa shape index (κ2) is 9.11. The minimum Gasteiger partial charge on any atom is -0.346 e. The van der Waals surface area contributed by atoms with E-state index in [0.29, 0.717) is 12.2 Å². The summed E-state index contributed by atoms with van der Waals surface area (Å²) < 4.78 is 1.64. The molecule has 26 heavy (non-hydrogen) atoms. The second-order valence-corrected chi connectivity index (χ2v) is 5.73. The third-order valence-corrected chi connectivity index (χ3v) is 3.07. The first-order chi connectivity index (χ1) is 12.4. The summed E-state index contributed by atoms with van der Waals surface area (Å²) in [5.41, 5.74) is 5.69. The van der Waals surface area contributed by atoms with Gasteiger partial charge in [0, 0.05) is 12.1 Å².